The van der Waals surface area contributed by atoms with Crippen LogP contribution in [-0.2, 0) is 20.1 Å². The Kier molecular flexibility index (Phi) is 3.80. The van der Waals surface area contributed by atoms with Gasteiger partial charge in [0.1, 0.15) is 0 Å². The van der Waals surface area contributed by atoms with Gasteiger partial charge in [-0.25, -0.2) is 0 Å². The Balaban J connectivity index is 1.87. The molecule has 1 heterocycles. The van der Waals surface area contributed by atoms with Crippen molar-refractivity contribution in [3.05, 3.63) is 58.3 Å². The average Bonchev–Trinajstić information content (AvgIpc) is 2.67. The third kappa shape index (κ3) is 2.97. The van der Waals surface area contributed by atoms with Crippen LogP contribution in [-0.4, -0.2) is 4.57 Å². The Morgan fingerprint density at radius 3 is 2.69 bits per heavy atom. The molecule has 2 rings (SSSR count). The molecular formula is C13H15BrN2. The Labute approximate surface area is 104 Å². The van der Waals surface area contributed by atoms with Crippen molar-refractivity contribution in [2.75, 3.05) is 0 Å². The number of hydrogen-bond acceptors (Lipinski definition) is 1. The molecule has 16 heavy (non-hydrogen) atoms. The highest BCUT2D eigenvalue weighted by Crippen LogP contribution is 2.15. The molecule has 2 aromatic rings. The van der Waals surface area contributed by atoms with E-state index < -0.39 is 0 Å². The molecule has 1 aromatic carbocycles. The molecule has 0 amide bonds. The Morgan fingerprint density at radius 2 is 2.00 bits per heavy atom. The van der Waals surface area contributed by atoms with E-state index in [1.54, 1.807) is 0 Å². The van der Waals surface area contributed by atoms with E-state index >= 15 is 0 Å². The molecule has 0 fully saturated rings. The van der Waals surface area contributed by atoms with Gasteiger partial charge in [-0.3, -0.25) is 0 Å². The molecule has 0 aliphatic heterocycles. The van der Waals surface area contributed by atoms with Crippen LogP contribution >= 0.6 is 15.9 Å². The van der Waals surface area contributed by atoms with Crippen molar-refractivity contribution in [3.63, 3.8) is 0 Å². The van der Waals surface area contributed by atoms with E-state index in [1.807, 2.05) is 13.1 Å². The minimum absolute atomic E-state index is 0.885. The van der Waals surface area contributed by atoms with Crippen LogP contribution in [0, 0.1) is 0 Å². The van der Waals surface area contributed by atoms with Crippen molar-refractivity contribution < 1.29 is 0 Å². The van der Waals surface area contributed by atoms with E-state index in [-0.39, 0.29) is 0 Å². The first-order valence-electron chi connectivity index (χ1n) is 5.30. The first kappa shape index (κ1) is 11.4. The van der Waals surface area contributed by atoms with Crippen molar-refractivity contribution >= 4 is 15.9 Å². The van der Waals surface area contributed by atoms with Crippen LogP contribution in [0.25, 0.3) is 0 Å². The maximum Gasteiger partial charge on any atom is 0.0223 e. The smallest absolute Gasteiger partial charge is 0.0223 e. The van der Waals surface area contributed by atoms with Crippen LogP contribution in [0.4, 0.5) is 0 Å². The zero-order chi connectivity index (χ0) is 11.4. The fourth-order valence-corrected chi connectivity index (χ4v) is 2.07. The first-order valence-corrected chi connectivity index (χ1v) is 6.10. The SMILES string of the molecule is Cn1ccc(CNCc2ccccc2Br)c1. The van der Waals surface area contributed by atoms with E-state index in [4.69, 9.17) is 0 Å². The third-order valence-electron chi connectivity index (χ3n) is 2.50. The molecular weight excluding hydrogens is 264 g/mol. The van der Waals surface area contributed by atoms with Gasteiger partial charge in [-0.05, 0) is 23.3 Å². The maximum absolute atomic E-state index is 3.54. The summed E-state index contributed by atoms with van der Waals surface area (Å²) in [5, 5.41) is 3.43. The second-order valence-electron chi connectivity index (χ2n) is 3.88. The van der Waals surface area contributed by atoms with Gasteiger partial charge in [-0.1, -0.05) is 34.1 Å². The van der Waals surface area contributed by atoms with Crippen LogP contribution in [0.3, 0.4) is 0 Å². The summed E-state index contributed by atoms with van der Waals surface area (Å²) in [5.41, 5.74) is 2.60. The van der Waals surface area contributed by atoms with E-state index in [1.165, 1.54) is 11.1 Å². The van der Waals surface area contributed by atoms with Crippen LogP contribution in [0.5, 0.6) is 0 Å². The Morgan fingerprint density at radius 1 is 1.19 bits per heavy atom. The predicted octanol–water partition coefficient (Wildman–Crippen LogP) is 3.08. The number of hydrogen-bond donors (Lipinski definition) is 1. The van der Waals surface area contributed by atoms with Crippen LogP contribution in [0.2, 0.25) is 0 Å². The molecule has 0 saturated heterocycles. The highest BCUT2D eigenvalue weighted by molar-refractivity contribution is 9.10. The van der Waals surface area contributed by atoms with Crippen molar-refractivity contribution in [2.45, 2.75) is 13.1 Å². The standard InChI is InChI=1S/C13H15BrN2/c1-16-7-6-11(10-16)8-15-9-12-4-2-3-5-13(12)14/h2-7,10,15H,8-9H2,1H3. The average molecular weight is 279 g/mol. The van der Waals surface area contributed by atoms with Gasteiger partial charge >= 0.3 is 0 Å². The number of nitrogens with zero attached hydrogens (tertiary/aromatic N) is 1. The van der Waals surface area contributed by atoms with Crippen molar-refractivity contribution in [3.8, 4) is 0 Å². The summed E-state index contributed by atoms with van der Waals surface area (Å²) in [5.74, 6) is 0. The lowest BCUT2D eigenvalue weighted by atomic mass is 10.2. The molecule has 0 saturated carbocycles. The summed E-state index contributed by atoms with van der Waals surface area (Å²) in [7, 11) is 2.04. The highest BCUT2D eigenvalue weighted by Gasteiger charge is 1.98. The van der Waals surface area contributed by atoms with Crippen LogP contribution in [0.15, 0.2) is 47.2 Å². The predicted molar refractivity (Wildman–Crippen MR) is 70.1 cm³/mol. The van der Waals surface area contributed by atoms with Gasteiger partial charge in [-0.15, -0.1) is 0 Å². The normalized spacial score (nSPS) is 10.6. The number of aryl methyl sites for hydroxylation is 1. The molecule has 1 aromatic heterocycles. The van der Waals surface area contributed by atoms with Gasteiger partial charge in [0.15, 0.2) is 0 Å². The molecule has 0 atom stereocenters. The second-order valence-corrected chi connectivity index (χ2v) is 4.73. The van der Waals surface area contributed by atoms with Gasteiger partial charge in [-0.2, -0.15) is 0 Å². The summed E-state index contributed by atoms with van der Waals surface area (Å²) >= 11 is 3.54. The molecule has 84 valence electrons. The van der Waals surface area contributed by atoms with Crippen molar-refractivity contribution in [1.82, 2.24) is 9.88 Å². The van der Waals surface area contributed by atoms with Crippen molar-refractivity contribution in [1.29, 1.82) is 0 Å². The lowest BCUT2D eigenvalue weighted by molar-refractivity contribution is 0.690. The molecule has 0 bridgehead atoms. The van der Waals surface area contributed by atoms with E-state index in [9.17, 15) is 0 Å². The van der Waals surface area contributed by atoms with Gasteiger partial charge in [0.05, 0.1) is 0 Å². The monoisotopic (exact) mass is 278 g/mol. The molecule has 1 N–H and O–H groups in total. The minimum atomic E-state index is 0.885. The minimum Gasteiger partial charge on any atom is -0.357 e. The quantitative estimate of drug-likeness (QED) is 0.910. The summed E-state index contributed by atoms with van der Waals surface area (Å²) in [4.78, 5) is 0. The molecule has 0 aliphatic carbocycles. The Hall–Kier alpha value is -1.06. The Bertz CT molecular complexity index is 462. The molecule has 2 nitrogen and oxygen atoms in total. The number of nitrogens with one attached hydrogen (secondary N) is 1. The lowest BCUT2D eigenvalue weighted by Gasteiger charge is -2.05. The zero-order valence-corrected chi connectivity index (χ0v) is 10.9. The zero-order valence-electron chi connectivity index (χ0n) is 9.28. The number of rotatable bonds is 4. The van der Waals surface area contributed by atoms with Crippen LogP contribution < -0.4 is 5.32 Å². The fraction of sp³-hybridized carbons (Fsp3) is 0.231. The summed E-state index contributed by atoms with van der Waals surface area (Å²) in [6.07, 6.45) is 4.20. The summed E-state index contributed by atoms with van der Waals surface area (Å²) in [6.45, 7) is 1.79. The topological polar surface area (TPSA) is 17.0 Å². The second kappa shape index (κ2) is 5.32. The van der Waals surface area contributed by atoms with Crippen molar-refractivity contribution in [2.24, 2.45) is 7.05 Å². The molecule has 0 aliphatic rings. The number of benzene rings is 1. The molecule has 0 radical (unpaired) electrons. The van der Waals surface area contributed by atoms with E-state index in [2.05, 4.69) is 62.5 Å². The third-order valence-corrected chi connectivity index (χ3v) is 3.27. The van der Waals surface area contributed by atoms with Gasteiger partial charge in [0.25, 0.3) is 0 Å². The van der Waals surface area contributed by atoms with Crippen LogP contribution in [0.1, 0.15) is 11.1 Å². The number of aromatic nitrogens is 1. The molecule has 0 unspecified atom stereocenters. The highest BCUT2D eigenvalue weighted by atomic mass is 79.9. The lowest BCUT2D eigenvalue weighted by Crippen LogP contribution is -2.12. The molecule has 0 spiro atoms. The first-order chi connectivity index (χ1) is 7.75. The van der Waals surface area contributed by atoms with E-state index in [0.29, 0.717) is 0 Å². The fourth-order valence-electron chi connectivity index (χ4n) is 1.65. The summed E-state index contributed by atoms with van der Waals surface area (Å²) in [6, 6.07) is 10.4. The van der Waals surface area contributed by atoms with Gasteiger partial charge in [0.2, 0.25) is 0 Å². The van der Waals surface area contributed by atoms with E-state index in [0.717, 1.165) is 17.6 Å². The largest absolute Gasteiger partial charge is 0.357 e. The van der Waals surface area contributed by atoms with Gasteiger partial charge in [0, 0.05) is 37.0 Å². The molecule has 3 heteroatoms. The summed E-state index contributed by atoms with van der Waals surface area (Å²) < 4.78 is 3.23. The van der Waals surface area contributed by atoms with Gasteiger partial charge < -0.3 is 9.88 Å². The maximum atomic E-state index is 3.54. The number of halogens is 1.